The van der Waals surface area contributed by atoms with E-state index in [1.165, 1.54) is 0 Å². The molecule has 0 N–H and O–H groups in total. The van der Waals surface area contributed by atoms with Crippen molar-refractivity contribution in [2.24, 2.45) is 0 Å². The second-order valence-corrected chi connectivity index (χ2v) is 8.00. The van der Waals surface area contributed by atoms with Crippen LogP contribution in [-0.4, -0.2) is 36.0 Å². The van der Waals surface area contributed by atoms with Gasteiger partial charge in [0.1, 0.15) is 0 Å². The molecule has 0 heterocycles. The molecule has 0 aliphatic rings. The van der Waals surface area contributed by atoms with Gasteiger partial charge in [-0.3, -0.25) is 0 Å². The lowest BCUT2D eigenvalue weighted by atomic mass is 9.86. The minimum absolute atomic E-state index is 0.725. The molecule has 0 atom stereocenters. The molecule has 210 valence electrons. The maximum Gasteiger partial charge on any atom is 0.460 e. The molecule has 0 fully saturated rings. The van der Waals surface area contributed by atoms with Gasteiger partial charge in [-0.15, -0.1) is 0 Å². The van der Waals surface area contributed by atoms with E-state index in [2.05, 4.69) is 31.9 Å². The Balaban J connectivity index is 3.98. The van der Waals surface area contributed by atoms with Crippen LogP contribution < -0.4 is 0 Å². The predicted octanol–water partition coefficient (Wildman–Crippen LogP) is 9.33. The summed E-state index contributed by atoms with van der Waals surface area (Å²) in [4.78, 5) is 0. The van der Waals surface area contributed by atoms with Crippen LogP contribution in [0.5, 0.6) is 0 Å². The fraction of sp³-hybridized carbons (Fsp3) is 0.625. The Morgan fingerprint density at radius 1 is 0.417 bits per heavy atom. The Morgan fingerprint density at radius 2 is 0.639 bits per heavy atom. The summed E-state index contributed by atoms with van der Waals surface area (Å²) in [5, 5.41) is -2.92. The van der Waals surface area contributed by atoms with Crippen molar-refractivity contribution in [3.63, 3.8) is 0 Å². The molecule has 0 amide bonds. The minimum atomic E-state index is -7.45. The normalized spacial score (nSPS) is 15.4. The predicted molar refractivity (Wildman–Crippen MR) is 91.4 cm³/mol. The molecular weight excluding hydrogens is 694 g/mol. The molecule has 20 heteroatoms. The number of halogens is 20. The quantitative estimate of drug-likeness (QED) is 0.188. The van der Waals surface area contributed by atoms with Crippen molar-refractivity contribution in [2.75, 3.05) is 0 Å². The molecule has 0 radical (unpaired) electrons. The van der Waals surface area contributed by atoms with E-state index in [9.17, 15) is 79.0 Å². The first kappa shape index (κ1) is 32.9. The van der Waals surface area contributed by atoms with Crippen LogP contribution in [0, 0.1) is 0 Å². The summed E-state index contributed by atoms with van der Waals surface area (Å²) < 4.78 is 239. The first-order valence-corrected chi connectivity index (χ1v) is 10.5. The average molecular weight is 700 g/mol. The van der Waals surface area contributed by atoms with Gasteiger partial charge in [-0.1, -0.05) is 31.9 Å². The molecule has 0 unspecified atom stereocenters. The molecule has 1 aromatic rings. The third kappa shape index (κ3) is 4.65. The smallest absolute Gasteiger partial charge is 0.194 e. The third-order valence-electron chi connectivity index (χ3n) is 4.58. The van der Waals surface area contributed by atoms with Gasteiger partial charge in [0.25, 0.3) is 0 Å². The molecule has 0 aromatic heterocycles. The van der Waals surface area contributed by atoms with E-state index in [1.807, 2.05) is 0 Å². The molecule has 0 aliphatic heterocycles. The Labute approximate surface area is 204 Å². The Kier molecular flexibility index (Phi) is 8.50. The van der Waals surface area contributed by atoms with Crippen LogP contribution in [0.3, 0.4) is 0 Å². The molecule has 36 heavy (non-hydrogen) atoms. The number of rotatable bonds is 8. The van der Waals surface area contributed by atoms with E-state index < -0.39 is 92.9 Å². The summed E-state index contributed by atoms with van der Waals surface area (Å²) in [6.45, 7) is 0. The second kappa shape index (κ2) is 9.29. The highest BCUT2D eigenvalue weighted by atomic mass is 79.9. The van der Waals surface area contributed by atoms with Gasteiger partial charge in [-0.2, -0.15) is 79.0 Å². The van der Waals surface area contributed by atoms with Crippen molar-refractivity contribution in [2.45, 2.75) is 58.5 Å². The van der Waals surface area contributed by atoms with E-state index in [0.29, 0.717) is 0 Å². The maximum absolute atomic E-state index is 14.4. The lowest BCUT2D eigenvalue weighted by Crippen LogP contribution is -2.60. The van der Waals surface area contributed by atoms with Crippen LogP contribution in [0.15, 0.2) is 12.1 Å². The fourth-order valence-corrected chi connectivity index (χ4v) is 3.51. The molecule has 0 nitrogen and oxygen atoms in total. The Hall–Kier alpha value is -1.08. The molecule has 0 aliphatic carbocycles. The van der Waals surface area contributed by atoms with Crippen LogP contribution in [0.25, 0.3) is 0 Å². The monoisotopic (exact) mass is 698 g/mol. The molecular formula is C16H6Br2F18. The number of alkyl halides is 20. The summed E-state index contributed by atoms with van der Waals surface area (Å²) >= 11 is 4.33. The lowest BCUT2D eigenvalue weighted by molar-refractivity contribution is -0.400. The molecule has 0 bridgehead atoms. The third-order valence-corrected chi connectivity index (χ3v) is 5.79. The van der Waals surface area contributed by atoms with Gasteiger partial charge < -0.3 is 0 Å². The van der Waals surface area contributed by atoms with Gasteiger partial charge in [0.2, 0.25) is 0 Å². The van der Waals surface area contributed by atoms with Crippen molar-refractivity contribution < 1.29 is 79.0 Å². The van der Waals surface area contributed by atoms with Crippen molar-refractivity contribution >= 4 is 31.9 Å². The Morgan fingerprint density at radius 3 is 0.806 bits per heavy atom. The topological polar surface area (TPSA) is 0 Å². The van der Waals surface area contributed by atoms with Crippen molar-refractivity contribution in [1.29, 1.82) is 0 Å². The summed E-state index contributed by atoms with van der Waals surface area (Å²) in [5.41, 5.74) is -8.84. The van der Waals surface area contributed by atoms with Crippen molar-refractivity contribution in [3.8, 4) is 0 Å². The van der Waals surface area contributed by atoms with Crippen LogP contribution >= 0.6 is 31.9 Å². The first-order valence-electron chi connectivity index (χ1n) is 8.30. The summed E-state index contributed by atoms with van der Waals surface area (Å²) in [7, 11) is 0. The van der Waals surface area contributed by atoms with Crippen LogP contribution in [0.4, 0.5) is 79.0 Å². The van der Waals surface area contributed by atoms with Gasteiger partial charge in [-0.25, -0.2) is 0 Å². The molecule has 1 aromatic carbocycles. The molecule has 0 spiro atoms. The largest absolute Gasteiger partial charge is 0.460 e. The zero-order valence-corrected chi connectivity index (χ0v) is 19.3. The standard InChI is InChI=1S/C16H6Br2F18/c17-3-5-1-7(9(19,20)11(23,24)13(27,28)15(31,32)33)6(4-18)2-8(5)10(21,22)12(25,26)14(29,30)16(34,35)36/h1-2H,3-4H2. The molecule has 0 saturated heterocycles. The van der Waals surface area contributed by atoms with Crippen LogP contribution in [0.2, 0.25) is 0 Å². The minimum Gasteiger partial charge on any atom is -0.194 e. The van der Waals surface area contributed by atoms with E-state index in [4.69, 9.17) is 0 Å². The van der Waals surface area contributed by atoms with Gasteiger partial charge in [0.05, 0.1) is 0 Å². The van der Waals surface area contributed by atoms with Gasteiger partial charge in [-0.05, 0) is 23.3 Å². The zero-order chi connectivity index (χ0) is 29.1. The first-order chi connectivity index (χ1) is 15.6. The highest BCUT2D eigenvalue weighted by Crippen LogP contribution is 2.60. The SMILES string of the molecule is FC(F)(F)C(F)(F)C(F)(F)C(F)(F)c1cc(CBr)c(C(F)(F)C(F)(F)C(F)(F)C(F)(F)F)cc1CBr. The lowest BCUT2D eigenvalue weighted by Gasteiger charge is -2.36. The molecule has 1 rings (SSSR count). The van der Waals surface area contributed by atoms with Crippen molar-refractivity contribution in [3.05, 3.63) is 34.4 Å². The van der Waals surface area contributed by atoms with E-state index in [1.54, 1.807) is 0 Å². The highest BCUT2D eigenvalue weighted by molar-refractivity contribution is 9.08. The van der Waals surface area contributed by atoms with Gasteiger partial charge in [0.15, 0.2) is 0 Å². The van der Waals surface area contributed by atoms with Crippen molar-refractivity contribution in [1.82, 2.24) is 0 Å². The van der Waals surface area contributed by atoms with Gasteiger partial charge in [0, 0.05) is 21.8 Å². The Bertz CT molecular complexity index is 881. The van der Waals surface area contributed by atoms with E-state index in [0.717, 1.165) is 0 Å². The second-order valence-electron chi connectivity index (χ2n) is 6.88. The zero-order valence-electron chi connectivity index (χ0n) is 16.1. The number of hydrogen-bond donors (Lipinski definition) is 0. The maximum atomic E-state index is 14.4. The number of benzene rings is 1. The summed E-state index contributed by atoms with van der Waals surface area (Å²) in [6, 6.07) is -1.45. The molecule has 0 saturated carbocycles. The summed E-state index contributed by atoms with van der Waals surface area (Å²) in [5.74, 6) is -42.7. The van der Waals surface area contributed by atoms with E-state index in [-0.39, 0.29) is 0 Å². The fourth-order valence-electron chi connectivity index (χ4n) is 2.58. The average Bonchev–Trinajstić information content (AvgIpc) is 2.70. The highest BCUT2D eigenvalue weighted by Gasteiger charge is 2.83. The summed E-state index contributed by atoms with van der Waals surface area (Å²) in [6.07, 6.45) is -14.6. The van der Waals surface area contributed by atoms with Crippen LogP contribution in [-0.2, 0) is 22.5 Å². The van der Waals surface area contributed by atoms with E-state index >= 15 is 0 Å². The van der Waals surface area contributed by atoms with Gasteiger partial charge >= 0.3 is 47.9 Å². The van der Waals surface area contributed by atoms with Crippen LogP contribution in [0.1, 0.15) is 22.3 Å². The number of hydrogen-bond acceptors (Lipinski definition) is 0.